The maximum absolute atomic E-state index is 11.3. The van der Waals surface area contributed by atoms with Crippen LogP contribution in [-0.2, 0) is 21.3 Å². The van der Waals surface area contributed by atoms with E-state index >= 15 is 0 Å². The van der Waals surface area contributed by atoms with Crippen molar-refractivity contribution >= 4 is 11.9 Å². The Morgan fingerprint density at radius 3 is 2.56 bits per heavy atom. The molecule has 16 heavy (non-hydrogen) atoms. The summed E-state index contributed by atoms with van der Waals surface area (Å²) in [7, 11) is 3.88. The summed E-state index contributed by atoms with van der Waals surface area (Å²) in [5, 5.41) is 13.4. The highest BCUT2D eigenvalue weighted by Gasteiger charge is 2.27. The SMILES string of the molecule is COC(=O)c1nn(C)cc1C(O)C(=O)OC. The van der Waals surface area contributed by atoms with Crippen molar-refractivity contribution in [2.24, 2.45) is 7.05 Å². The Morgan fingerprint density at radius 1 is 1.44 bits per heavy atom. The first-order chi connectivity index (χ1) is 7.51. The highest BCUT2D eigenvalue weighted by Crippen LogP contribution is 2.18. The molecule has 0 saturated heterocycles. The highest BCUT2D eigenvalue weighted by atomic mass is 16.5. The molecule has 0 aliphatic rings. The Kier molecular flexibility index (Phi) is 3.62. The number of esters is 2. The number of hydrogen-bond donors (Lipinski definition) is 1. The van der Waals surface area contributed by atoms with Crippen LogP contribution in [0.1, 0.15) is 22.2 Å². The topological polar surface area (TPSA) is 90.6 Å². The van der Waals surface area contributed by atoms with Gasteiger partial charge in [0, 0.05) is 18.8 Å². The number of aliphatic hydroxyl groups is 1. The molecule has 7 nitrogen and oxygen atoms in total. The average Bonchev–Trinajstić information content (AvgIpc) is 2.68. The zero-order valence-electron chi connectivity index (χ0n) is 9.13. The fraction of sp³-hybridized carbons (Fsp3) is 0.444. The van der Waals surface area contributed by atoms with Crippen LogP contribution < -0.4 is 0 Å². The van der Waals surface area contributed by atoms with Crippen molar-refractivity contribution in [2.45, 2.75) is 6.10 Å². The number of aryl methyl sites for hydroxylation is 1. The number of nitrogens with zero attached hydrogens (tertiary/aromatic N) is 2. The Labute approximate surface area is 91.6 Å². The minimum atomic E-state index is -1.55. The van der Waals surface area contributed by atoms with Crippen LogP contribution in [0, 0.1) is 0 Å². The van der Waals surface area contributed by atoms with Gasteiger partial charge in [-0.3, -0.25) is 4.68 Å². The predicted molar refractivity (Wildman–Crippen MR) is 51.5 cm³/mol. The minimum Gasteiger partial charge on any atom is -0.467 e. The molecule has 0 fully saturated rings. The van der Waals surface area contributed by atoms with E-state index in [1.165, 1.54) is 18.0 Å². The van der Waals surface area contributed by atoms with E-state index in [9.17, 15) is 14.7 Å². The van der Waals surface area contributed by atoms with Crippen molar-refractivity contribution in [1.29, 1.82) is 0 Å². The van der Waals surface area contributed by atoms with Crippen LogP contribution >= 0.6 is 0 Å². The third-order valence-electron chi connectivity index (χ3n) is 1.95. The molecule has 1 rings (SSSR count). The number of ether oxygens (including phenoxy) is 2. The monoisotopic (exact) mass is 228 g/mol. The van der Waals surface area contributed by atoms with Crippen molar-refractivity contribution in [3.8, 4) is 0 Å². The minimum absolute atomic E-state index is 0.0567. The summed E-state index contributed by atoms with van der Waals surface area (Å²) in [6, 6.07) is 0. The molecule has 0 amide bonds. The fourth-order valence-corrected chi connectivity index (χ4v) is 1.20. The quantitative estimate of drug-likeness (QED) is 0.695. The average molecular weight is 228 g/mol. The van der Waals surface area contributed by atoms with Gasteiger partial charge in [-0.1, -0.05) is 0 Å². The molecule has 1 aromatic heterocycles. The fourth-order valence-electron chi connectivity index (χ4n) is 1.20. The smallest absolute Gasteiger partial charge is 0.358 e. The molecule has 1 atom stereocenters. The first-order valence-electron chi connectivity index (χ1n) is 4.39. The summed E-state index contributed by atoms with van der Waals surface area (Å²) < 4.78 is 10.1. The number of carbonyl (C=O) groups is 2. The highest BCUT2D eigenvalue weighted by molar-refractivity contribution is 5.91. The number of methoxy groups -OCH3 is 2. The van der Waals surface area contributed by atoms with Gasteiger partial charge in [0.25, 0.3) is 0 Å². The van der Waals surface area contributed by atoms with E-state index in [4.69, 9.17) is 0 Å². The van der Waals surface area contributed by atoms with Crippen LogP contribution in [0.3, 0.4) is 0 Å². The van der Waals surface area contributed by atoms with Gasteiger partial charge in [-0.2, -0.15) is 5.10 Å². The summed E-state index contributed by atoms with van der Waals surface area (Å²) in [6.45, 7) is 0. The van der Waals surface area contributed by atoms with E-state index in [0.717, 1.165) is 7.11 Å². The molecular weight excluding hydrogens is 216 g/mol. The van der Waals surface area contributed by atoms with Crippen LogP contribution in [0.4, 0.5) is 0 Å². The third-order valence-corrected chi connectivity index (χ3v) is 1.95. The van der Waals surface area contributed by atoms with Gasteiger partial charge in [-0.25, -0.2) is 9.59 Å². The first kappa shape index (κ1) is 12.2. The van der Waals surface area contributed by atoms with Gasteiger partial charge in [0.15, 0.2) is 11.8 Å². The molecule has 1 unspecified atom stereocenters. The van der Waals surface area contributed by atoms with E-state index in [1.807, 2.05) is 0 Å². The molecule has 1 aromatic rings. The summed E-state index contributed by atoms with van der Waals surface area (Å²) in [5.74, 6) is -1.59. The lowest BCUT2D eigenvalue weighted by atomic mass is 10.1. The van der Waals surface area contributed by atoms with Gasteiger partial charge < -0.3 is 14.6 Å². The van der Waals surface area contributed by atoms with E-state index in [2.05, 4.69) is 14.6 Å². The van der Waals surface area contributed by atoms with Crippen molar-refractivity contribution < 1.29 is 24.2 Å². The summed E-state index contributed by atoms with van der Waals surface area (Å²) in [6.07, 6.45) is -0.193. The van der Waals surface area contributed by atoms with Crippen LogP contribution in [-0.4, -0.2) is 41.0 Å². The maximum Gasteiger partial charge on any atom is 0.358 e. The second kappa shape index (κ2) is 4.75. The van der Waals surface area contributed by atoms with Crippen LogP contribution in [0.25, 0.3) is 0 Å². The Bertz CT molecular complexity index is 412. The lowest BCUT2D eigenvalue weighted by Gasteiger charge is -2.06. The number of carbonyl (C=O) groups excluding carboxylic acids is 2. The van der Waals surface area contributed by atoms with Crippen molar-refractivity contribution in [1.82, 2.24) is 9.78 Å². The molecule has 0 aliphatic carbocycles. The molecule has 0 aliphatic heterocycles. The maximum atomic E-state index is 11.3. The normalized spacial score (nSPS) is 12.0. The molecule has 0 aromatic carbocycles. The Morgan fingerprint density at radius 2 is 2.06 bits per heavy atom. The summed E-state index contributed by atoms with van der Waals surface area (Å²) in [5.41, 5.74) is -0.0518. The molecule has 0 radical (unpaired) electrons. The molecule has 0 bridgehead atoms. The van der Waals surface area contributed by atoms with E-state index in [0.29, 0.717) is 0 Å². The van der Waals surface area contributed by atoms with Gasteiger partial charge in [-0.15, -0.1) is 0 Å². The zero-order valence-corrected chi connectivity index (χ0v) is 9.13. The van der Waals surface area contributed by atoms with Crippen molar-refractivity contribution in [3.63, 3.8) is 0 Å². The van der Waals surface area contributed by atoms with Crippen LogP contribution in [0.5, 0.6) is 0 Å². The molecule has 1 heterocycles. The molecule has 88 valence electrons. The predicted octanol–water partition coefficient (Wildman–Crippen LogP) is -0.587. The lowest BCUT2D eigenvalue weighted by molar-refractivity contribution is -0.150. The summed E-state index contributed by atoms with van der Waals surface area (Å²) in [4.78, 5) is 22.4. The first-order valence-corrected chi connectivity index (χ1v) is 4.39. The van der Waals surface area contributed by atoms with Gasteiger partial charge in [0.1, 0.15) is 0 Å². The second-order valence-corrected chi connectivity index (χ2v) is 3.02. The number of hydrogen-bond acceptors (Lipinski definition) is 6. The van der Waals surface area contributed by atoms with Gasteiger partial charge in [-0.05, 0) is 0 Å². The lowest BCUT2D eigenvalue weighted by Crippen LogP contribution is -2.16. The van der Waals surface area contributed by atoms with Gasteiger partial charge >= 0.3 is 11.9 Å². The van der Waals surface area contributed by atoms with Crippen molar-refractivity contribution in [3.05, 3.63) is 17.5 Å². The Balaban J connectivity index is 3.12. The molecule has 1 N–H and O–H groups in total. The third kappa shape index (κ3) is 2.19. The zero-order chi connectivity index (χ0) is 12.3. The number of rotatable bonds is 3. The van der Waals surface area contributed by atoms with Crippen LogP contribution in [0.15, 0.2) is 6.20 Å². The Hall–Kier alpha value is -1.89. The largest absolute Gasteiger partial charge is 0.467 e. The molecule has 0 spiro atoms. The second-order valence-electron chi connectivity index (χ2n) is 3.02. The summed E-state index contributed by atoms with van der Waals surface area (Å²) >= 11 is 0. The standard InChI is InChI=1S/C9H12N2O5/c1-11-4-5(7(12)9(14)16-3)6(10-11)8(13)15-2/h4,7,12H,1-3H3. The molecular formula is C9H12N2O5. The molecule has 7 heteroatoms. The van der Waals surface area contributed by atoms with E-state index in [1.54, 1.807) is 7.05 Å². The van der Waals surface area contributed by atoms with Gasteiger partial charge in [0.05, 0.1) is 14.2 Å². The van der Waals surface area contributed by atoms with Crippen molar-refractivity contribution in [2.75, 3.05) is 14.2 Å². The van der Waals surface area contributed by atoms with E-state index in [-0.39, 0.29) is 11.3 Å². The number of aromatic nitrogens is 2. The molecule has 0 saturated carbocycles. The van der Waals surface area contributed by atoms with Gasteiger partial charge in [0.2, 0.25) is 0 Å². The van der Waals surface area contributed by atoms with Crippen LogP contribution in [0.2, 0.25) is 0 Å². The van der Waals surface area contributed by atoms with E-state index < -0.39 is 18.0 Å². The number of aliphatic hydroxyl groups excluding tert-OH is 1.